The summed E-state index contributed by atoms with van der Waals surface area (Å²) in [4.78, 5) is 8.70. The van der Waals surface area contributed by atoms with E-state index in [1.54, 1.807) is 0 Å². The summed E-state index contributed by atoms with van der Waals surface area (Å²) in [7, 11) is 1.90. The van der Waals surface area contributed by atoms with Gasteiger partial charge in [-0.2, -0.15) is 0 Å². The summed E-state index contributed by atoms with van der Waals surface area (Å²) in [6, 6.07) is 6.06. The summed E-state index contributed by atoms with van der Waals surface area (Å²) in [5, 5.41) is 1.09. The lowest BCUT2D eigenvalue weighted by Gasteiger charge is -2.08. The van der Waals surface area contributed by atoms with E-state index in [0.717, 1.165) is 22.8 Å². The lowest BCUT2D eigenvalue weighted by atomic mass is 10.0. The average Bonchev–Trinajstić information content (AvgIpc) is 2.66. The Bertz CT molecular complexity index is 757. The molecule has 0 unspecified atom stereocenters. The Hall–Kier alpha value is -2.30. The van der Waals surface area contributed by atoms with Crippen molar-refractivity contribution in [2.45, 2.75) is 13.3 Å². The van der Waals surface area contributed by atoms with Gasteiger partial charge in [0.2, 0.25) is 5.95 Å². The van der Waals surface area contributed by atoms with Crippen LogP contribution in [-0.2, 0) is 13.5 Å². The van der Waals surface area contributed by atoms with E-state index in [1.807, 2.05) is 23.7 Å². The van der Waals surface area contributed by atoms with E-state index in [2.05, 4.69) is 23.0 Å². The molecule has 0 atom stereocenters. The molecule has 0 saturated heterocycles. The molecule has 3 aromatic rings. The van der Waals surface area contributed by atoms with Gasteiger partial charge in [0.15, 0.2) is 5.82 Å². The van der Waals surface area contributed by atoms with Crippen molar-refractivity contribution in [3.63, 3.8) is 0 Å². The number of pyridine rings is 1. The highest BCUT2D eigenvalue weighted by molar-refractivity contribution is 6.08. The smallest absolute Gasteiger partial charge is 0.201 e. The van der Waals surface area contributed by atoms with Crippen LogP contribution in [0.3, 0.4) is 0 Å². The molecule has 4 N–H and O–H groups in total. The second-order valence-corrected chi connectivity index (χ2v) is 4.39. The van der Waals surface area contributed by atoms with Crippen LogP contribution in [0.15, 0.2) is 18.2 Å². The van der Waals surface area contributed by atoms with Gasteiger partial charge in [0.05, 0.1) is 11.0 Å². The third kappa shape index (κ3) is 1.27. The molecule has 2 heterocycles. The molecular formula is C13H15N5. The molecule has 1 aromatic carbocycles. The first-order chi connectivity index (χ1) is 8.63. The van der Waals surface area contributed by atoms with Gasteiger partial charge >= 0.3 is 0 Å². The van der Waals surface area contributed by atoms with Gasteiger partial charge in [-0.25, -0.2) is 9.97 Å². The molecule has 18 heavy (non-hydrogen) atoms. The number of benzene rings is 1. The average molecular weight is 241 g/mol. The van der Waals surface area contributed by atoms with Gasteiger partial charge in [-0.05, 0) is 18.1 Å². The van der Waals surface area contributed by atoms with E-state index in [4.69, 9.17) is 11.5 Å². The van der Waals surface area contributed by atoms with Crippen molar-refractivity contribution in [3.05, 3.63) is 23.8 Å². The molecule has 0 radical (unpaired) electrons. The first-order valence-corrected chi connectivity index (χ1v) is 5.92. The number of nitrogen functional groups attached to an aromatic ring is 2. The highest BCUT2D eigenvalue weighted by atomic mass is 15.1. The number of aryl methyl sites for hydroxylation is 2. The van der Waals surface area contributed by atoms with Gasteiger partial charge in [-0.1, -0.05) is 19.1 Å². The number of rotatable bonds is 1. The third-order valence-corrected chi connectivity index (χ3v) is 3.36. The van der Waals surface area contributed by atoms with Crippen LogP contribution in [-0.4, -0.2) is 14.5 Å². The molecule has 0 saturated carbocycles. The zero-order valence-corrected chi connectivity index (χ0v) is 10.4. The van der Waals surface area contributed by atoms with Crippen LogP contribution in [0.5, 0.6) is 0 Å². The van der Waals surface area contributed by atoms with Crippen molar-refractivity contribution in [1.29, 1.82) is 0 Å². The van der Waals surface area contributed by atoms with Crippen LogP contribution in [0.2, 0.25) is 0 Å². The fraction of sp³-hybridized carbons (Fsp3) is 0.231. The molecule has 0 aliphatic heterocycles. The van der Waals surface area contributed by atoms with Crippen LogP contribution in [0.25, 0.3) is 21.9 Å². The van der Waals surface area contributed by atoms with Crippen molar-refractivity contribution < 1.29 is 0 Å². The minimum absolute atomic E-state index is 0.429. The van der Waals surface area contributed by atoms with Crippen molar-refractivity contribution >= 4 is 33.7 Å². The van der Waals surface area contributed by atoms with Crippen molar-refractivity contribution in [2.24, 2.45) is 7.05 Å². The van der Waals surface area contributed by atoms with E-state index < -0.39 is 0 Å². The molecule has 0 aliphatic carbocycles. The first-order valence-electron chi connectivity index (χ1n) is 5.92. The Balaban J connectivity index is 2.65. The Kier molecular flexibility index (Phi) is 2.16. The Morgan fingerprint density at radius 1 is 1.22 bits per heavy atom. The normalized spacial score (nSPS) is 11.4. The molecule has 2 aromatic heterocycles. The summed E-state index contributed by atoms with van der Waals surface area (Å²) in [5.41, 5.74) is 15.6. The summed E-state index contributed by atoms with van der Waals surface area (Å²) in [6.45, 7) is 2.12. The van der Waals surface area contributed by atoms with Gasteiger partial charge in [-0.3, -0.25) is 0 Å². The van der Waals surface area contributed by atoms with Gasteiger partial charge in [-0.15, -0.1) is 0 Å². The highest BCUT2D eigenvalue weighted by Gasteiger charge is 2.15. The second-order valence-electron chi connectivity index (χ2n) is 4.39. The maximum atomic E-state index is 5.95. The molecule has 5 heteroatoms. The quantitative estimate of drug-likeness (QED) is 0.681. The Morgan fingerprint density at radius 3 is 2.72 bits per heavy atom. The first kappa shape index (κ1) is 10.8. The predicted molar refractivity (Wildman–Crippen MR) is 74.2 cm³/mol. The van der Waals surface area contributed by atoms with Crippen LogP contribution < -0.4 is 11.5 Å². The number of nitrogens with two attached hydrogens (primary N) is 2. The molecule has 0 spiro atoms. The maximum Gasteiger partial charge on any atom is 0.201 e. The molecule has 5 nitrogen and oxygen atoms in total. The Morgan fingerprint density at radius 2 is 2.00 bits per heavy atom. The molecule has 0 aliphatic rings. The maximum absolute atomic E-state index is 5.95. The van der Waals surface area contributed by atoms with Crippen LogP contribution >= 0.6 is 0 Å². The highest BCUT2D eigenvalue weighted by Crippen LogP contribution is 2.31. The van der Waals surface area contributed by atoms with Crippen molar-refractivity contribution in [3.8, 4) is 0 Å². The zero-order chi connectivity index (χ0) is 12.9. The minimum Gasteiger partial charge on any atom is -0.382 e. The van der Waals surface area contributed by atoms with Crippen LogP contribution in [0, 0.1) is 0 Å². The third-order valence-electron chi connectivity index (χ3n) is 3.36. The fourth-order valence-electron chi connectivity index (χ4n) is 2.41. The standard InChI is InChI=1S/C13H15N5/c1-3-7-5-4-6-8-9(7)11-10(12(14)16-8)17-13(15)18(11)2/h4-6H,3H2,1-2H3,(H2,14,16)(H2,15,17). The van der Waals surface area contributed by atoms with E-state index >= 15 is 0 Å². The van der Waals surface area contributed by atoms with Crippen molar-refractivity contribution in [1.82, 2.24) is 14.5 Å². The minimum atomic E-state index is 0.429. The molecule has 0 fully saturated rings. The summed E-state index contributed by atoms with van der Waals surface area (Å²) in [6.07, 6.45) is 0.934. The summed E-state index contributed by atoms with van der Waals surface area (Å²) < 4.78 is 1.87. The second kappa shape index (κ2) is 3.60. The molecule has 0 bridgehead atoms. The van der Waals surface area contributed by atoms with Gasteiger partial charge in [0.1, 0.15) is 5.52 Å². The molecule has 92 valence electrons. The largest absolute Gasteiger partial charge is 0.382 e. The van der Waals surface area contributed by atoms with E-state index in [-0.39, 0.29) is 0 Å². The SMILES string of the molecule is CCc1cccc2nc(N)c3nc(N)n(C)c3c12. The van der Waals surface area contributed by atoms with Gasteiger partial charge in [0, 0.05) is 12.4 Å². The summed E-state index contributed by atoms with van der Waals surface area (Å²) in [5.74, 6) is 0.884. The number of nitrogens with zero attached hydrogens (tertiary/aromatic N) is 3. The molecule has 3 rings (SSSR count). The van der Waals surface area contributed by atoms with Crippen LogP contribution in [0.1, 0.15) is 12.5 Å². The monoisotopic (exact) mass is 241 g/mol. The molecule has 0 amide bonds. The van der Waals surface area contributed by atoms with Gasteiger partial charge < -0.3 is 16.0 Å². The lowest BCUT2D eigenvalue weighted by Crippen LogP contribution is -1.99. The number of fused-ring (bicyclic) bond motifs is 3. The van der Waals surface area contributed by atoms with E-state index in [1.165, 1.54) is 5.56 Å². The lowest BCUT2D eigenvalue weighted by molar-refractivity contribution is 0.967. The van der Waals surface area contributed by atoms with E-state index in [0.29, 0.717) is 17.3 Å². The fourth-order valence-corrected chi connectivity index (χ4v) is 2.41. The molecular weight excluding hydrogens is 226 g/mol. The topological polar surface area (TPSA) is 82.8 Å². The van der Waals surface area contributed by atoms with E-state index in [9.17, 15) is 0 Å². The predicted octanol–water partition coefficient (Wildman–Crippen LogP) is 1.85. The number of aromatic nitrogens is 3. The number of hydrogen-bond acceptors (Lipinski definition) is 4. The number of anilines is 2. The van der Waals surface area contributed by atoms with Gasteiger partial charge in [0.25, 0.3) is 0 Å². The summed E-state index contributed by atoms with van der Waals surface area (Å²) >= 11 is 0. The zero-order valence-electron chi connectivity index (χ0n) is 10.4. The van der Waals surface area contributed by atoms with Crippen molar-refractivity contribution in [2.75, 3.05) is 11.5 Å². The number of imidazole rings is 1. The van der Waals surface area contributed by atoms with Crippen LogP contribution in [0.4, 0.5) is 11.8 Å². The Labute approximate surface area is 104 Å². The number of hydrogen-bond donors (Lipinski definition) is 2.